The third-order valence-corrected chi connectivity index (χ3v) is 2.71. The molecule has 1 amide bonds. The zero-order valence-electron chi connectivity index (χ0n) is 7.21. The largest absolute Gasteiger partial charge is 0.325 e. The highest BCUT2D eigenvalue weighted by atomic mass is 79.9. The number of carbonyl (C=O) groups excluding carboxylic acids is 1. The van der Waals surface area contributed by atoms with Gasteiger partial charge in [-0.3, -0.25) is 4.79 Å². The van der Waals surface area contributed by atoms with Crippen molar-refractivity contribution in [3.63, 3.8) is 0 Å². The fourth-order valence-electron chi connectivity index (χ4n) is 0.895. The van der Waals surface area contributed by atoms with E-state index in [4.69, 9.17) is 0 Å². The number of hydrogen-bond donors (Lipinski definition) is 1. The van der Waals surface area contributed by atoms with Gasteiger partial charge >= 0.3 is 0 Å². The first-order chi connectivity index (χ1) is 6.26. The molecule has 0 radical (unpaired) electrons. The Bertz CT molecular complexity index is 303. The molecule has 0 fully saturated rings. The molecule has 0 bridgehead atoms. The number of anilines is 1. The molecule has 0 saturated heterocycles. The molecule has 1 aromatic rings. The number of benzene rings is 1. The fraction of sp³-hybridized carbons (Fsp3) is 0.222. The van der Waals surface area contributed by atoms with E-state index in [1.807, 2.05) is 30.5 Å². The standard InChI is InChI=1S/C9H10BrNOS/c1-13-8-4-2-3-7(5-8)11-9(12)6-10/h2-5H,6H2,1H3,(H,11,12). The van der Waals surface area contributed by atoms with Crippen molar-refractivity contribution in [1.29, 1.82) is 0 Å². The van der Waals surface area contributed by atoms with E-state index >= 15 is 0 Å². The summed E-state index contributed by atoms with van der Waals surface area (Å²) in [7, 11) is 0. The van der Waals surface area contributed by atoms with E-state index < -0.39 is 0 Å². The van der Waals surface area contributed by atoms with Gasteiger partial charge in [0.2, 0.25) is 5.91 Å². The molecule has 0 saturated carbocycles. The molecule has 13 heavy (non-hydrogen) atoms. The normalized spacial score (nSPS) is 9.69. The molecule has 1 N–H and O–H groups in total. The van der Waals surface area contributed by atoms with Crippen LogP contribution >= 0.6 is 27.7 Å². The minimum Gasteiger partial charge on any atom is -0.325 e. The summed E-state index contributed by atoms with van der Waals surface area (Å²) in [5, 5.41) is 3.10. The van der Waals surface area contributed by atoms with Gasteiger partial charge in [0.05, 0.1) is 5.33 Å². The Morgan fingerprint density at radius 1 is 1.62 bits per heavy atom. The molecule has 0 spiro atoms. The zero-order valence-corrected chi connectivity index (χ0v) is 9.61. The summed E-state index contributed by atoms with van der Waals surface area (Å²) in [6.45, 7) is 0. The lowest BCUT2D eigenvalue weighted by atomic mass is 10.3. The number of alkyl halides is 1. The van der Waals surface area contributed by atoms with Crippen LogP contribution in [0, 0.1) is 0 Å². The van der Waals surface area contributed by atoms with Gasteiger partial charge in [-0.15, -0.1) is 11.8 Å². The number of amides is 1. The molecule has 0 unspecified atom stereocenters. The molecule has 0 aliphatic heterocycles. The van der Waals surface area contributed by atoms with Gasteiger partial charge in [0.15, 0.2) is 0 Å². The highest BCUT2D eigenvalue weighted by molar-refractivity contribution is 9.09. The fourth-order valence-corrected chi connectivity index (χ4v) is 1.49. The van der Waals surface area contributed by atoms with Crippen LogP contribution in [0.2, 0.25) is 0 Å². The van der Waals surface area contributed by atoms with Crippen molar-refractivity contribution in [3.05, 3.63) is 24.3 Å². The second-order valence-electron chi connectivity index (χ2n) is 2.41. The van der Waals surface area contributed by atoms with Crippen molar-refractivity contribution < 1.29 is 4.79 Å². The summed E-state index contributed by atoms with van der Waals surface area (Å²) in [6, 6.07) is 7.76. The summed E-state index contributed by atoms with van der Waals surface area (Å²) < 4.78 is 0. The summed E-state index contributed by atoms with van der Waals surface area (Å²) in [5.41, 5.74) is 0.844. The van der Waals surface area contributed by atoms with Crippen LogP contribution in [0.4, 0.5) is 5.69 Å². The third-order valence-electron chi connectivity index (χ3n) is 1.47. The van der Waals surface area contributed by atoms with Gasteiger partial charge in [-0.25, -0.2) is 0 Å². The summed E-state index contributed by atoms with van der Waals surface area (Å²) in [5.74, 6) is -0.0294. The Kier molecular flexibility index (Phi) is 4.32. The minimum absolute atomic E-state index is 0.0294. The van der Waals surface area contributed by atoms with E-state index in [1.54, 1.807) is 11.8 Å². The van der Waals surface area contributed by atoms with Gasteiger partial charge in [0.25, 0.3) is 0 Å². The van der Waals surface area contributed by atoms with E-state index in [0.29, 0.717) is 5.33 Å². The van der Waals surface area contributed by atoms with Gasteiger partial charge in [-0.2, -0.15) is 0 Å². The molecule has 4 heteroatoms. The molecule has 0 aliphatic carbocycles. The number of halogens is 1. The van der Waals surface area contributed by atoms with Crippen LogP contribution in [0.25, 0.3) is 0 Å². The topological polar surface area (TPSA) is 29.1 Å². The average Bonchev–Trinajstić information content (AvgIpc) is 2.18. The highest BCUT2D eigenvalue weighted by Gasteiger charge is 1.99. The van der Waals surface area contributed by atoms with Crippen LogP contribution in [0.1, 0.15) is 0 Å². The van der Waals surface area contributed by atoms with Gasteiger partial charge in [-0.1, -0.05) is 22.0 Å². The van der Waals surface area contributed by atoms with Crippen LogP contribution in [-0.4, -0.2) is 17.5 Å². The van der Waals surface area contributed by atoms with E-state index in [2.05, 4.69) is 21.2 Å². The van der Waals surface area contributed by atoms with Crippen LogP contribution < -0.4 is 5.32 Å². The molecule has 0 aliphatic rings. The van der Waals surface area contributed by atoms with Crippen LogP contribution in [0.5, 0.6) is 0 Å². The Labute approximate surface area is 90.2 Å². The second kappa shape index (κ2) is 5.29. The number of carbonyl (C=O) groups is 1. The first-order valence-electron chi connectivity index (χ1n) is 3.76. The predicted octanol–water partition coefficient (Wildman–Crippen LogP) is 2.74. The van der Waals surface area contributed by atoms with Crippen LogP contribution in [0.15, 0.2) is 29.2 Å². The Hall–Kier alpha value is -0.480. The van der Waals surface area contributed by atoms with E-state index in [0.717, 1.165) is 10.6 Å². The van der Waals surface area contributed by atoms with Crippen molar-refractivity contribution in [3.8, 4) is 0 Å². The van der Waals surface area contributed by atoms with Gasteiger partial charge in [0, 0.05) is 10.6 Å². The lowest BCUT2D eigenvalue weighted by Crippen LogP contribution is -2.11. The van der Waals surface area contributed by atoms with Crippen LogP contribution in [-0.2, 0) is 4.79 Å². The summed E-state index contributed by atoms with van der Waals surface area (Å²) >= 11 is 4.75. The van der Waals surface area contributed by atoms with Gasteiger partial charge in [0.1, 0.15) is 0 Å². The van der Waals surface area contributed by atoms with E-state index in [9.17, 15) is 4.79 Å². The van der Waals surface area contributed by atoms with Crippen LogP contribution in [0.3, 0.4) is 0 Å². The Morgan fingerprint density at radius 2 is 2.38 bits per heavy atom. The minimum atomic E-state index is -0.0294. The maximum absolute atomic E-state index is 11.0. The third kappa shape index (κ3) is 3.40. The predicted molar refractivity (Wildman–Crippen MR) is 60.6 cm³/mol. The lowest BCUT2D eigenvalue weighted by molar-refractivity contribution is -0.113. The quantitative estimate of drug-likeness (QED) is 0.668. The van der Waals surface area contributed by atoms with Crippen molar-refractivity contribution in [2.24, 2.45) is 0 Å². The zero-order chi connectivity index (χ0) is 9.68. The molecule has 0 heterocycles. The molecule has 1 rings (SSSR count). The van der Waals surface area contributed by atoms with Crippen molar-refractivity contribution >= 4 is 39.3 Å². The SMILES string of the molecule is CSc1cccc(NC(=O)CBr)c1. The summed E-state index contributed by atoms with van der Waals surface area (Å²) in [4.78, 5) is 12.2. The number of rotatable bonds is 3. The van der Waals surface area contributed by atoms with Gasteiger partial charge < -0.3 is 5.32 Å². The first-order valence-corrected chi connectivity index (χ1v) is 6.10. The number of hydrogen-bond acceptors (Lipinski definition) is 2. The molecule has 0 aromatic heterocycles. The van der Waals surface area contributed by atoms with E-state index in [1.165, 1.54) is 0 Å². The maximum Gasteiger partial charge on any atom is 0.235 e. The molecular formula is C9H10BrNOS. The smallest absolute Gasteiger partial charge is 0.235 e. The Morgan fingerprint density at radius 3 is 3.00 bits per heavy atom. The van der Waals surface area contributed by atoms with Crippen molar-refractivity contribution in [2.45, 2.75) is 4.90 Å². The average molecular weight is 260 g/mol. The number of nitrogens with one attached hydrogen (secondary N) is 1. The molecule has 70 valence electrons. The highest BCUT2D eigenvalue weighted by Crippen LogP contribution is 2.18. The molecule has 0 atom stereocenters. The molecular weight excluding hydrogens is 250 g/mol. The maximum atomic E-state index is 11.0. The molecule has 2 nitrogen and oxygen atoms in total. The van der Waals surface area contributed by atoms with Crippen molar-refractivity contribution in [1.82, 2.24) is 0 Å². The van der Waals surface area contributed by atoms with Gasteiger partial charge in [-0.05, 0) is 24.5 Å². The molecule has 1 aromatic carbocycles. The second-order valence-corrected chi connectivity index (χ2v) is 3.85. The Balaban J connectivity index is 2.71. The lowest BCUT2D eigenvalue weighted by Gasteiger charge is -2.03. The van der Waals surface area contributed by atoms with Crippen molar-refractivity contribution in [2.75, 3.05) is 16.9 Å². The first kappa shape index (κ1) is 10.6. The monoisotopic (exact) mass is 259 g/mol. The number of thioether (sulfide) groups is 1. The summed E-state index contributed by atoms with van der Waals surface area (Å²) in [6.07, 6.45) is 2.01. The van der Waals surface area contributed by atoms with E-state index in [-0.39, 0.29) is 5.91 Å².